The molecular weight excluding hydrogens is 162 g/mol. The molecule has 0 bridgehead atoms. The van der Waals surface area contributed by atoms with Gasteiger partial charge >= 0.3 is 0 Å². The minimum Gasteiger partial charge on any atom is -0.243 e. The molecule has 0 heterocycles. The summed E-state index contributed by atoms with van der Waals surface area (Å²) >= 11 is 0. The molecule has 0 saturated carbocycles. The van der Waals surface area contributed by atoms with Crippen molar-refractivity contribution < 1.29 is 4.39 Å². The minimum absolute atomic E-state index is 0.776. The predicted molar refractivity (Wildman–Crippen MR) is 53.5 cm³/mol. The summed E-state index contributed by atoms with van der Waals surface area (Å²) in [5.74, 6) is 0. The number of hydrogen-bond donors (Lipinski definition) is 0. The summed E-state index contributed by atoms with van der Waals surface area (Å²) in [5, 5.41) is 2.12. The topological polar surface area (TPSA) is 0 Å². The van der Waals surface area contributed by atoms with Crippen molar-refractivity contribution in [1.82, 2.24) is 0 Å². The summed E-state index contributed by atoms with van der Waals surface area (Å²) < 4.78 is 13.2. The lowest BCUT2D eigenvalue weighted by Gasteiger charge is -2.06. The highest BCUT2D eigenvalue weighted by molar-refractivity contribution is 5.85. The lowest BCUT2D eigenvalue weighted by Crippen LogP contribution is -1.86. The van der Waals surface area contributed by atoms with Gasteiger partial charge in [-0.2, -0.15) is 0 Å². The smallest absolute Gasteiger partial charge is 0.123 e. The van der Waals surface area contributed by atoms with Gasteiger partial charge in [-0.1, -0.05) is 42.5 Å². The first-order valence-corrected chi connectivity index (χ1v) is 4.41. The Morgan fingerprint density at radius 3 is 2.46 bits per heavy atom. The highest BCUT2D eigenvalue weighted by Gasteiger charge is 2.05. The third kappa shape index (κ3) is 1.42. The maximum Gasteiger partial charge on any atom is 0.123 e. The van der Waals surface area contributed by atoms with Crippen LogP contribution < -0.4 is 0 Å². The third-order valence-electron chi connectivity index (χ3n) is 2.25. The van der Waals surface area contributed by atoms with E-state index in [0.29, 0.717) is 0 Å². The zero-order chi connectivity index (χ0) is 9.26. The normalized spacial score (nSPS) is 13.1. The Balaban J connectivity index is 2.76. The van der Waals surface area contributed by atoms with Crippen LogP contribution in [0.5, 0.6) is 0 Å². The molecule has 0 amide bonds. The fraction of sp³-hybridized carbons (Fsp3) is 0.167. The first kappa shape index (κ1) is 8.24. The van der Waals surface area contributed by atoms with Gasteiger partial charge in [0, 0.05) is 0 Å². The van der Waals surface area contributed by atoms with E-state index in [2.05, 4.69) is 0 Å². The summed E-state index contributed by atoms with van der Waals surface area (Å²) in [6.07, 6.45) is -0.897. The summed E-state index contributed by atoms with van der Waals surface area (Å²) in [7, 11) is 0. The molecule has 0 spiro atoms. The Labute approximate surface area is 77.0 Å². The lowest BCUT2D eigenvalue weighted by molar-refractivity contribution is 0.376. The first-order valence-electron chi connectivity index (χ1n) is 4.41. The molecule has 0 saturated heterocycles. The van der Waals surface area contributed by atoms with Gasteiger partial charge in [-0.25, -0.2) is 4.39 Å². The Morgan fingerprint density at radius 1 is 1.00 bits per heavy atom. The number of rotatable bonds is 1. The predicted octanol–water partition coefficient (Wildman–Crippen LogP) is 3.87. The highest BCUT2D eigenvalue weighted by Crippen LogP contribution is 2.25. The van der Waals surface area contributed by atoms with Crippen LogP contribution in [0.25, 0.3) is 10.8 Å². The van der Waals surface area contributed by atoms with Crippen molar-refractivity contribution in [2.45, 2.75) is 13.1 Å². The Bertz CT molecular complexity index is 413. The van der Waals surface area contributed by atoms with Gasteiger partial charge in [0.05, 0.1) is 0 Å². The van der Waals surface area contributed by atoms with Gasteiger partial charge in [0.2, 0.25) is 0 Å². The van der Waals surface area contributed by atoms with Crippen molar-refractivity contribution in [3.63, 3.8) is 0 Å². The monoisotopic (exact) mass is 173 g/mol. The highest BCUT2D eigenvalue weighted by atomic mass is 18.2. The van der Waals surface area contributed by atoms with Crippen LogP contribution in [0, 0.1) is 0 Å². The molecule has 0 aliphatic heterocycles. The van der Waals surface area contributed by atoms with E-state index in [1.165, 1.54) is 0 Å². The number of fused-ring (bicyclic) bond motifs is 1. The maximum atomic E-state index is 13.2. The zero-order valence-corrected chi connectivity index (χ0v) is 7.50. The molecule has 66 valence electrons. The Kier molecular flexibility index (Phi) is 2.01. The molecule has 0 nitrogen and oxygen atoms in total. The summed E-state index contributed by atoms with van der Waals surface area (Å²) in [6.45, 7) is 1.57. The van der Waals surface area contributed by atoms with E-state index in [1.54, 1.807) is 6.92 Å². The van der Waals surface area contributed by atoms with Crippen molar-refractivity contribution in [2.75, 3.05) is 0 Å². The average Bonchev–Trinajstić information content (AvgIpc) is 2.17. The summed E-state index contributed by atoms with van der Waals surface area (Å²) in [6, 6.07) is 13.6. The van der Waals surface area contributed by atoms with Gasteiger partial charge in [-0.3, -0.25) is 0 Å². The van der Waals surface area contributed by atoms with E-state index in [-0.39, 0.29) is 0 Å². The second kappa shape index (κ2) is 3.17. The zero-order valence-electron chi connectivity index (χ0n) is 7.50. The fourth-order valence-electron chi connectivity index (χ4n) is 1.60. The molecule has 1 unspecified atom stereocenters. The van der Waals surface area contributed by atoms with Crippen LogP contribution in [0.2, 0.25) is 0 Å². The maximum absolute atomic E-state index is 13.2. The lowest BCUT2D eigenvalue weighted by atomic mass is 10.0. The van der Waals surface area contributed by atoms with Gasteiger partial charge in [0.1, 0.15) is 6.17 Å². The molecule has 2 aromatic rings. The van der Waals surface area contributed by atoms with Gasteiger partial charge in [0.15, 0.2) is 0 Å². The molecule has 0 fully saturated rings. The molecular formula is C12H11F. The second-order valence-corrected chi connectivity index (χ2v) is 3.18. The van der Waals surface area contributed by atoms with Crippen molar-refractivity contribution >= 4 is 10.8 Å². The van der Waals surface area contributed by atoms with Crippen LogP contribution in [-0.4, -0.2) is 0 Å². The molecule has 0 radical (unpaired) electrons. The van der Waals surface area contributed by atoms with Gasteiger partial charge < -0.3 is 0 Å². The van der Waals surface area contributed by atoms with E-state index in [9.17, 15) is 4.39 Å². The number of benzene rings is 2. The van der Waals surface area contributed by atoms with Crippen LogP contribution in [0.3, 0.4) is 0 Å². The minimum atomic E-state index is -0.897. The van der Waals surface area contributed by atoms with Gasteiger partial charge in [-0.05, 0) is 23.3 Å². The van der Waals surface area contributed by atoms with Crippen LogP contribution >= 0.6 is 0 Å². The standard InChI is InChI=1S/C12H11F/c1-9(13)11-8-4-6-10-5-2-3-7-12(10)11/h2-9H,1H3/i13-1. The average molecular weight is 173 g/mol. The summed E-state index contributed by atoms with van der Waals surface area (Å²) in [4.78, 5) is 0. The molecule has 0 aliphatic carbocycles. The van der Waals surface area contributed by atoms with Crippen molar-refractivity contribution in [2.24, 2.45) is 0 Å². The second-order valence-electron chi connectivity index (χ2n) is 3.18. The molecule has 0 N–H and O–H groups in total. The van der Waals surface area contributed by atoms with E-state index in [1.807, 2.05) is 42.5 Å². The van der Waals surface area contributed by atoms with E-state index in [0.717, 1.165) is 16.3 Å². The van der Waals surface area contributed by atoms with Crippen LogP contribution in [0.4, 0.5) is 4.39 Å². The largest absolute Gasteiger partial charge is 0.243 e. The van der Waals surface area contributed by atoms with E-state index < -0.39 is 6.17 Å². The Hall–Kier alpha value is -1.37. The number of hydrogen-bond acceptors (Lipinski definition) is 0. The summed E-state index contributed by atoms with van der Waals surface area (Å²) in [5.41, 5.74) is 0.776. The van der Waals surface area contributed by atoms with Crippen LogP contribution in [0.15, 0.2) is 42.5 Å². The van der Waals surface area contributed by atoms with Crippen molar-refractivity contribution in [3.8, 4) is 0 Å². The molecule has 0 aliphatic rings. The molecule has 13 heavy (non-hydrogen) atoms. The van der Waals surface area contributed by atoms with Crippen molar-refractivity contribution in [1.29, 1.82) is 0 Å². The first-order chi connectivity index (χ1) is 6.29. The molecule has 2 rings (SSSR count). The quantitative estimate of drug-likeness (QED) is 0.614. The SMILES string of the molecule is CC([18F])c1cccc2ccccc12. The molecule has 0 aromatic heterocycles. The van der Waals surface area contributed by atoms with Crippen molar-refractivity contribution in [3.05, 3.63) is 48.0 Å². The third-order valence-corrected chi connectivity index (χ3v) is 2.25. The fourth-order valence-corrected chi connectivity index (χ4v) is 1.60. The van der Waals surface area contributed by atoms with Crippen LogP contribution in [0.1, 0.15) is 18.7 Å². The number of alkyl halides is 1. The van der Waals surface area contributed by atoms with Gasteiger partial charge in [-0.15, -0.1) is 0 Å². The van der Waals surface area contributed by atoms with Crippen LogP contribution in [-0.2, 0) is 0 Å². The molecule has 2 aromatic carbocycles. The van der Waals surface area contributed by atoms with E-state index >= 15 is 0 Å². The van der Waals surface area contributed by atoms with Gasteiger partial charge in [0.25, 0.3) is 0 Å². The molecule has 1 heteroatoms. The Morgan fingerprint density at radius 2 is 1.69 bits per heavy atom. The number of halogens is 1. The van der Waals surface area contributed by atoms with E-state index in [4.69, 9.17) is 0 Å². The molecule has 1 atom stereocenters.